The van der Waals surface area contributed by atoms with Crippen LogP contribution < -0.4 is 5.32 Å². The van der Waals surface area contributed by atoms with Gasteiger partial charge in [-0.15, -0.1) is 0 Å². The molecule has 1 N–H and O–H groups in total. The van der Waals surface area contributed by atoms with Gasteiger partial charge in [0.25, 0.3) is 0 Å². The second kappa shape index (κ2) is 6.27. The van der Waals surface area contributed by atoms with Gasteiger partial charge >= 0.3 is 0 Å². The molecule has 1 heterocycles. The van der Waals surface area contributed by atoms with Crippen molar-refractivity contribution in [1.29, 1.82) is 0 Å². The molecule has 16 heavy (non-hydrogen) atoms. The lowest BCUT2D eigenvalue weighted by Gasteiger charge is -2.35. The zero-order chi connectivity index (χ0) is 11.4. The Hall–Kier alpha value is 0.270. The van der Waals surface area contributed by atoms with E-state index in [9.17, 15) is 0 Å². The summed E-state index contributed by atoms with van der Waals surface area (Å²) in [5, 5.41) is 4.44. The maximum atomic E-state index is 3.60. The van der Waals surface area contributed by atoms with Gasteiger partial charge in [0, 0.05) is 36.2 Å². The number of hydrogen-bond donors (Lipinski definition) is 1. The van der Waals surface area contributed by atoms with E-state index in [-0.39, 0.29) is 0 Å². The predicted molar refractivity (Wildman–Crippen MR) is 73.2 cm³/mol. The number of hydrogen-bond acceptors (Lipinski definition) is 3. The Labute approximate surface area is 105 Å². The smallest absolute Gasteiger partial charge is 0.0147 e. The van der Waals surface area contributed by atoms with Crippen LogP contribution in [0.25, 0.3) is 0 Å². The molecular formula is C13H26N2S. The highest BCUT2D eigenvalue weighted by molar-refractivity contribution is 7.99. The highest BCUT2D eigenvalue weighted by Gasteiger charge is 2.22. The van der Waals surface area contributed by atoms with Crippen LogP contribution in [-0.2, 0) is 0 Å². The third-order valence-electron chi connectivity index (χ3n) is 3.70. The summed E-state index contributed by atoms with van der Waals surface area (Å²) in [5.41, 5.74) is 0. The first-order valence-corrected chi connectivity index (χ1v) is 7.89. The third-order valence-corrected chi connectivity index (χ3v) is 4.84. The van der Waals surface area contributed by atoms with Gasteiger partial charge < -0.3 is 5.32 Å². The van der Waals surface area contributed by atoms with Gasteiger partial charge in [-0.25, -0.2) is 0 Å². The Morgan fingerprint density at radius 2 is 2.25 bits per heavy atom. The van der Waals surface area contributed by atoms with Crippen molar-refractivity contribution in [2.24, 2.45) is 0 Å². The fraction of sp³-hybridized carbons (Fsp3) is 1.00. The average molecular weight is 242 g/mol. The molecule has 1 saturated carbocycles. The van der Waals surface area contributed by atoms with Crippen molar-refractivity contribution < 1.29 is 0 Å². The minimum Gasteiger partial charge on any atom is -0.314 e. The molecule has 0 aromatic heterocycles. The molecule has 2 rings (SSSR count). The second-order valence-corrected chi connectivity index (χ2v) is 6.94. The largest absolute Gasteiger partial charge is 0.314 e. The van der Waals surface area contributed by atoms with Gasteiger partial charge in [-0.1, -0.05) is 6.92 Å². The van der Waals surface area contributed by atoms with E-state index >= 15 is 0 Å². The normalized spacial score (nSPS) is 29.2. The molecule has 94 valence electrons. The van der Waals surface area contributed by atoms with Crippen molar-refractivity contribution >= 4 is 11.8 Å². The molecule has 0 aromatic carbocycles. The van der Waals surface area contributed by atoms with Crippen LogP contribution >= 0.6 is 11.8 Å². The Balaban J connectivity index is 1.56. The van der Waals surface area contributed by atoms with Crippen LogP contribution in [0.4, 0.5) is 0 Å². The summed E-state index contributed by atoms with van der Waals surface area (Å²) in [5.74, 6) is 1.33. The summed E-state index contributed by atoms with van der Waals surface area (Å²) >= 11 is 2.13. The molecule has 0 spiro atoms. The molecular weight excluding hydrogens is 216 g/mol. The molecule has 1 aliphatic carbocycles. The highest BCUT2D eigenvalue weighted by atomic mass is 32.2. The van der Waals surface area contributed by atoms with Gasteiger partial charge in [0.2, 0.25) is 0 Å². The van der Waals surface area contributed by atoms with E-state index in [2.05, 4.69) is 35.8 Å². The molecule has 2 nitrogen and oxygen atoms in total. The molecule has 0 aromatic rings. The minimum absolute atomic E-state index is 0.782. The van der Waals surface area contributed by atoms with Crippen LogP contribution in [0, 0.1) is 0 Å². The minimum atomic E-state index is 0.782. The Bertz CT molecular complexity index is 206. The number of rotatable bonds is 6. The number of nitrogens with zero attached hydrogens (tertiary/aromatic N) is 1. The third kappa shape index (κ3) is 4.27. The standard InChI is InChI=1S/C13H26N2S/c1-11(4-3-7-14-13-5-6-13)15-8-9-16-12(2)10-15/h11-14H,3-10H2,1-2H3. The van der Waals surface area contributed by atoms with E-state index in [1.54, 1.807) is 0 Å². The van der Waals surface area contributed by atoms with Crippen LogP contribution in [0.3, 0.4) is 0 Å². The van der Waals surface area contributed by atoms with Gasteiger partial charge in [-0.2, -0.15) is 11.8 Å². The van der Waals surface area contributed by atoms with Crippen molar-refractivity contribution in [1.82, 2.24) is 10.2 Å². The van der Waals surface area contributed by atoms with E-state index in [0.717, 1.165) is 17.3 Å². The summed E-state index contributed by atoms with van der Waals surface area (Å²) in [6.07, 6.45) is 5.53. The first kappa shape index (κ1) is 12.7. The second-order valence-electron chi connectivity index (χ2n) is 5.40. The van der Waals surface area contributed by atoms with Crippen LogP contribution in [-0.4, -0.2) is 47.6 Å². The lowest BCUT2D eigenvalue weighted by molar-refractivity contribution is 0.206. The van der Waals surface area contributed by atoms with Gasteiger partial charge in [-0.3, -0.25) is 4.90 Å². The van der Waals surface area contributed by atoms with E-state index < -0.39 is 0 Å². The molecule has 2 aliphatic rings. The Kier molecular flexibility index (Phi) is 4.98. The van der Waals surface area contributed by atoms with E-state index in [1.807, 2.05) is 0 Å². The Morgan fingerprint density at radius 1 is 1.44 bits per heavy atom. The topological polar surface area (TPSA) is 15.3 Å². The molecule has 0 bridgehead atoms. The molecule has 1 saturated heterocycles. The molecule has 0 amide bonds. The molecule has 2 unspecified atom stereocenters. The average Bonchev–Trinajstić information content (AvgIpc) is 3.08. The Morgan fingerprint density at radius 3 is 2.94 bits per heavy atom. The lowest BCUT2D eigenvalue weighted by Crippen LogP contribution is -2.42. The maximum absolute atomic E-state index is 3.60. The summed E-state index contributed by atoms with van der Waals surface area (Å²) < 4.78 is 0. The number of thioether (sulfide) groups is 1. The zero-order valence-corrected chi connectivity index (χ0v) is 11.6. The molecule has 1 aliphatic heterocycles. The fourth-order valence-corrected chi connectivity index (χ4v) is 3.46. The first-order valence-electron chi connectivity index (χ1n) is 6.84. The molecule has 3 heteroatoms. The van der Waals surface area contributed by atoms with E-state index in [1.165, 1.54) is 51.1 Å². The van der Waals surface area contributed by atoms with Crippen LogP contribution in [0.5, 0.6) is 0 Å². The van der Waals surface area contributed by atoms with Gasteiger partial charge in [0.1, 0.15) is 0 Å². The summed E-state index contributed by atoms with van der Waals surface area (Å²) in [4.78, 5) is 2.68. The van der Waals surface area contributed by atoms with Crippen LogP contribution in [0.15, 0.2) is 0 Å². The highest BCUT2D eigenvalue weighted by Crippen LogP contribution is 2.21. The summed E-state index contributed by atoms with van der Waals surface area (Å²) in [6.45, 7) is 8.58. The SMILES string of the molecule is CC1CN(C(C)CCCNC2CC2)CCS1. The lowest BCUT2D eigenvalue weighted by atomic mass is 10.1. The molecule has 0 radical (unpaired) electrons. The van der Waals surface area contributed by atoms with Crippen molar-refractivity contribution in [2.45, 2.75) is 56.9 Å². The zero-order valence-electron chi connectivity index (χ0n) is 10.7. The number of nitrogens with one attached hydrogen (secondary N) is 1. The monoisotopic (exact) mass is 242 g/mol. The van der Waals surface area contributed by atoms with Crippen molar-refractivity contribution in [3.63, 3.8) is 0 Å². The van der Waals surface area contributed by atoms with Gasteiger partial charge in [0.15, 0.2) is 0 Å². The fourth-order valence-electron chi connectivity index (χ4n) is 2.42. The van der Waals surface area contributed by atoms with Crippen LogP contribution in [0.1, 0.15) is 39.5 Å². The predicted octanol–water partition coefficient (Wildman–Crippen LogP) is 2.34. The summed E-state index contributed by atoms with van der Waals surface area (Å²) in [6, 6.07) is 1.66. The summed E-state index contributed by atoms with van der Waals surface area (Å²) in [7, 11) is 0. The van der Waals surface area contributed by atoms with Crippen LogP contribution in [0.2, 0.25) is 0 Å². The maximum Gasteiger partial charge on any atom is 0.0147 e. The van der Waals surface area contributed by atoms with Gasteiger partial charge in [-0.05, 0) is 39.2 Å². The quantitative estimate of drug-likeness (QED) is 0.720. The van der Waals surface area contributed by atoms with Crippen molar-refractivity contribution in [2.75, 3.05) is 25.4 Å². The van der Waals surface area contributed by atoms with Crippen molar-refractivity contribution in [3.8, 4) is 0 Å². The molecule has 2 fully saturated rings. The van der Waals surface area contributed by atoms with E-state index in [4.69, 9.17) is 0 Å². The first-order chi connectivity index (χ1) is 7.75. The van der Waals surface area contributed by atoms with E-state index in [0.29, 0.717) is 0 Å². The molecule has 2 atom stereocenters. The van der Waals surface area contributed by atoms with Gasteiger partial charge in [0.05, 0.1) is 0 Å². The van der Waals surface area contributed by atoms with Crippen molar-refractivity contribution in [3.05, 3.63) is 0 Å².